The molecule has 0 atom stereocenters. The lowest BCUT2D eigenvalue weighted by molar-refractivity contribution is 0.0908. The molecule has 7 nitrogen and oxygen atoms in total. The highest BCUT2D eigenvalue weighted by Crippen LogP contribution is 2.31. The molecule has 0 unspecified atom stereocenters. The summed E-state index contributed by atoms with van der Waals surface area (Å²) in [4.78, 5) is 23.1. The van der Waals surface area contributed by atoms with Crippen molar-refractivity contribution in [3.05, 3.63) is 72.2 Å². The lowest BCUT2D eigenvalue weighted by Crippen LogP contribution is -2.44. The van der Waals surface area contributed by atoms with Crippen LogP contribution in [0.5, 0.6) is 5.75 Å². The molecule has 1 aromatic carbocycles. The Morgan fingerprint density at radius 1 is 1.19 bits per heavy atom. The molecule has 0 radical (unpaired) electrons. The van der Waals surface area contributed by atoms with Crippen LogP contribution < -0.4 is 15.8 Å². The first-order valence-electron chi connectivity index (χ1n) is 11.0. The standard InChI is InChI=1S/C25H29N5O2/c1-2-32-23-14-18(5-7-22(23)19-4-3-11-27-15-19)17-30-12-9-21(10-13-30)29-25(31)20-6-8-24(26)28-16-20/h3-8,11,14-16,21H,2,9-10,12-13,17H2,1H3,(H2,26,28)(H,29,31). The summed E-state index contributed by atoms with van der Waals surface area (Å²) < 4.78 is 5.92. The highest BCUT2D eigenvalue weighted by atomic mass is 16.5. The average molecular weight is 432 g/mol. The number of piperidine rings is 1. The Morgan fingerprint density at radius 3 is 2.72 bits per heavy atom. The number of nitrogens with zero attached hydrogens (tertiary/aromatic N) is 3. The lowest BCUT2D eigenvalue weighted by atomic mass is 10.0. The fourth-order valence-electron chi connectivity index (χ4n) is 4.00. The number of nitrogens with two attached hydrogens (primary N) is 1. The van der Waals surface area contributed by atoms with Crippen LogP contribution in [0.15, 0.2) is 61.1 Å². The van der Waals surface area contributed by atoms with Gasteiger partial charge >= 0.3 is 0 Å². The number of carbonyl (C=O) groups excluding carboxylic acids is 1. The fraction of sp³-hybridized carbons (Fsp3) is 0.320. The van der Waals surface area contributed by atoms with Crippen LogP contribution in [0.2, 0.25) is 0 Å². The SMILES string of the molecule is CCOc1cc(CN2CCC(NC(=O)c3ccc(N)nc3)CC2)ccc1-c1cccnc1. The van der Waals surface area contributed by atoms with Gasteiger partial charge in [-0.1, -0.05) is 18.2 Å². The van der Waals surface area contributed by atoms with Crippen molar-refractivity contribution in [2.45, 2.75) is 32.4 Å². The number of carbonyl (C=O) groups is 1. The molecule has 0 spiro atoms. The first kappa shape index (κ1) is 21.8. The average Bonchev–Trinajstić information content (AvgIpc) is 2.82. The van der Waals surface area contributed by atoms with E-state index in [-0.39, 0.29) is 11.9 Å². The molecule has 1 saturated heterocycles. The second kappa shape index (κ2) is 10.2. The molecule has 3 N–H and O–H groups in total. The van der Waals surface area contributed by atoms with Gasteiger partial charge in [-0.25, -0.2) is 4.98 Å². The van der Waals surface area contributed by atoms with E-state index >= 15 is 0 Å². The van der Waals surface area contributed by atoms with Crippen LogP contribution in [0.25, 0.3) is 11.1 Å². The molecule has 4 rings (SSSR count). The van der Waals surface area contributed by atoms with Crippen LogP contribution in [0.4, 0.5) is 5.82 Å². The van der Waals surface area contributed by atoms with Crippen molar-refractivity contribution < 1.29 is 9.53 Å². The number of nitrogen functional groups attached to an aromatic ring is 1. The van der Waals surface area contributed by atoms with Crippen molar-refractivity contribution in [3.63, 3.8) is 0 Å². The minimum absolute atomic E-state index is 0.0942. The number of amides is 1. The van der Waals surface area contributed by atoms with E-state index in [2.05, 4.69) is 38.4 Å². The number of hydrogen-bond donors (Lipinski definition) is 2. The topological polar surface area (TPSA) is 93.4 Å². The van der Waals surface area contributed by atoms with E-state index in [9.17, 15) is 4.79 Å². The Balaban J connectivity index is 1.34. The predicted molar refractivity (Wildman–Crippen MR) is 125 cm³/mol. The van der Waals surface area contributed by atoms with Crippen molar-refractivity contribution in [1.29, 1.82) is 0 Å². The Morgan fingerprint density at radius 2 is 2.03 bits per heavy atom. The van der Waals surface area contributed by atoms with Gasteiger partial charge in [0, 0.05) is 55.4 Å². The molecule has 0 saturated carbocycles. The largest absolute Gasteiger partial charge is 0.493 e. The summed E-state index contributed by atoms with van der Waals surface area (Å²) in [5.74, 6) is 1.20. The second-order valence-electron chi connectivity index (χ2n) is 8.00. The molecule has 166 valence electrons. The zero-order chi connectivity index (χ0) is 22.3. The molecule has 1 fully saturated rings. The zero-order valence-electron chi connectivity index (χ0n) is 18.3. The molecular weight excluding hydrogens is 402 g/mol. The predicted octanol–water partition coefficient (Wildman–Crippen LogP) is 3.52. The summed E-state index contributed by atoms with van der Waals surface area (Å²) in [7, 11) is 0. The fourth-order valence-corrected chi connectivity index (χ4v) is 4.00. The third kappa shape index (κ3) is 5.42. The number of hydrogen-bond acceptors (Lipinski definition) is 6. The number of nitrogens with one attached hydrogen (secondary N) is 1. The van der Waals surface area contributed by atoms with Crippen molar-refractivity contribution in [2.75, 3.05) is 25.4 Å². The maximum Gasteiger partial charge on any atom is 0.253 e. The Labute approximate surface area is 188 Å². The molecule has 1 aliphatic heterocycles. The minimum atomic E-state index is -0.0942. The van der Waals surface area contributed by atoms with E-state index in [4.69, 9.17) is 10.5 Å². The van der Waals surface area contributed by atoms with Gasteiger partial charge in [-0.3, -0.25) is 14.7 Å². The van der Waals surface area contributed by atoms with Crippen LogP contribution >= 0.6 is 0 Å². The summed E-state index contributed by atoms with van der Waals surface area (Å²) in [5, 5.41) is 3.12. The molecule has 0 aliphatic carbocycles. The molecule has 2 aromatic heterocycles. The van der Waals surface area contributed by atoms with Gasteiger partial charge in [-0.2, -0.15) is 0 Å². The first-order chi connectivity index (χ1) is 15.6. The Bertz CT molecular complexity index is 1030. The highest BCUT2D eigenvalue weighted by molar-refractivity contribution is 5.94. The molecule has 0 bridgehead atoms. The van der Waals surface area contributed by atoms with Gasteiger partial charge in [0.15, 0.2) is 0 Å². The third-order valence-electron chi connectivity index (χ3n) is 5.70. The first-order valence-corrected chi connectivity index (χ1v) is 11.0. The van der Waals surface area contributed by atoms with Gasteiger partial charge < -0.3 is 15.8 Å². The summed E-state index contributed by atoms with van der Waals surface area (Å²) >= 11 is 0. The Hall–Kier alpha value is -3.45. The summed E-state index contributed by atoms with van der Waals surface area (Å²) in [6.45, 7) is 5.33. The molecule has 3 aromatic rings. The monoisotopic (exact) mass is 431 g/mol. The molecular formula is C25H29N5O2. The van der Waals surface area contributed by atoms with Crippen LogP contribution in [-0.2, 0) is 6.54 Å². The summed E-state index contributed by atoms with van der Waals surface area (Å²) in [6, 6.07) is 13.9. The van der Waals surface area contributed by atoms with E-state index in [1.807, 2.05) is 25.3 Å². The second-order valence-corrected chi connectivity index (χ2v) is 8.00. The van der Waals surface area contributed by atoms with Gasteiger partial charge in [0.1, 0.15) is 11.6 Å². The van der Waals surface area contributed by atoms with Gasteiger partial charge in [-0.05, 0) is 49.6 Å². The minimum Gasteiger partial charge on any atom is -0.493 e. The summed E-state index contributed by atoms with van der Waals surface area (Å²) in [5.41, 5.74) is 9.46. The number of ether oxygens (including phenoxy) is 1. The normalized spacial score (nSPS) is 14.8. The molecule has 1 aliphatic rings. The lowest BCUT2D eigenvalue weighted by Gasteiger charge is -2.32. The molecule has 1 amide bonds. The maximum atomic E-state index is 12.4. The number of anilines is 1. The quantitative estimate of drug-likeness (QED) is 0.595. The molecule has 7 heteroatoms. The van der Waals surface area contributed by atoms with Crippen molar-refractivity contribution in [2.24, 2.45) is 0 Å². The maximum absolute atomic E-state index is 12.4. The number of rotatable bonds is 7. The number of likely N-dealkylation sites (tertiary alicyclic amines) is 1. The molecule has 3 heterocycles. The van der Waals surface area contributed by atoms with Crippen LogP contribution in [0, 0.1) is 0 Å². The summed E-state index contributed by atoms with van der Waals surface area (Å²) in [6.07, 6.45) is 6.99. The van der Waals surface area contributed by atoms with Crippen LogP contribution in [-0.4, -0.2) is 46.5 Å². The molecule has 32 heavy (non-hydrogen) atoms. The van der Waals surface area contributed by atoms with Crippen LogP contribution in [0.1, 0.15) is 35.7 Å². The Kier molecular flexibility index (Phi) is 6.97. The third-order valence-corrected chi connectivity index (χ3v) is 5.70. The van der Waals surface area contributed by atoms with E-state index < -0.39 is 0 Å². The highest BCUT2D eigenvalue weighted by Gasteiger charge is 2.21. The van der Waals surface area contributed by atoms with E-state index in [0.717, 1.165) is 49.4 Å². The van der Waals surface area contributed by atoms with E-state index in [0.29, 0.717) is 18.0 Å². The van der Waals surface area contributed by atoms with Gasteiger partial charge in [0.2, 0.25) is 0 Å². The van der Waals surface area contributed by atoms with Crippen molar-refractivity contribution in [1.82, 2.24) is 20.2 Å². The smallest absolute Gasteiger partial charge is 0.253 e. The van der Waals surface area contributed by atoms with E-state index in [1.165, 1.54) is 11.8 Å². The number of aromatic nitrogens is 2. The van der Waals surface area contributed by atoms with E-state index in [1.54, 1.807) is 18.3 Å². The zero-order valence-corrected chi connectivity index (χ0v) is 18.3. The van der Waals surface area contributed by atoms with Crippen molar-refractivity contribution in [3.8, 4) is 16.9 Å². The van der Waals surface area contributed by atoms with Gasteiger partial charge in [0.05, 0.1) is 12.2 Å². The van der Waals surface area contributed by atoms with Gasteiger partial charge in [0.25, 0.3) is 5.91 Å². The number of benzene rings is 1. The number of pyridine rings is 2. The van der Waals surface area contributed by atoms with Crippen LogP contribution in [0.3, 0.4) is 0 Å². The van der Waals surface area contributed by atoms with Gasteiger partial charge in [-0.15, -0.1) is 0 Å². The van der Waals surface area contributed by atoms with Crippen molar-refractivity contribution >= 4 is 11.7 Å².